The van der Waals surface area contributed by atoms with Crippen molar-refractivity contribution in [1.82, 2.24) is 0 Å². The summed E-state index contributed by atoms with van der Waals surface area (Å²) in [5, 5.41) is 24.8. The summed E-state index contributed by atoms with van der Waals surface area (Å²) in [4.78, 5) is 21.7. The van der Waals surface area contributed by atoms with Gasteiger partial charge in [0.1, 0.15) is 17.2 Å². The first-order valence-corrected chi connectivity index (χ1v) is 11.3. The van der Waals surface area contributed by atoms with Gasteiger partial charge in [-0.3, -0.25) is 20.3 Å². The van der Waals surface area contributed by atoms with Gasteiger partial charge in [0.25, 0.3) is 15.7 Å². The molecular formula is C22H20N4O8S. The van der Waals surface area contributed by atoms with Gasteiger partial charge in [0.05, 0.1) is 41.5 Å². The monoisotopic (exact) mass is 500 g/mol. The number of benzene rings is 3. The second-order valence-corrected chi connectivity index (χ2v) is 8.55. The van der Waals surface area contributed by atoms with E-state index in [0.717, 1.165) is 12.1 Å². The highest BCUT2D eigenvalue weighted by Gasteiger charge is 2.23. The number of carboxylic acids is 1. The van der Waals surface area contributed by atoms with E-state index in [9.17, 15) is 28.4 Å². The number of hydrogen-bond acceptors (Lipinski definition) is 9. The molecule has 3 N–H and O–H groups in total. The van der Waals surface area contributed by atoms with Gasteiger partial charge in [0, 0.05) is 17.7 Å². The van der Waals surface area contributed by atoms with Gasteiger partial charge < -0.3 is 14.6 Å². The maximum Gasteiger partial charge on any atom is 0.337 e. The van der Waals surface area contributed by atoms with Crippen LogP contribution in [0.1, 0.15) is 15.9 Å². The summed E-state index contributed by atoms with van der Waals surface area (Å²) in [7, 11) is -1.36. The number of aromatic carboxylic acids is 1. The fourth-order valence-electron chi connectivity index (χ4n) is 2.98. The molecule has 0 bridgehead atoms. The molecule has 0 aliphatic carbocycles. The summed E-state index contributed by atoms with van der Waals surface area (Å²) >= 11 is 0. The highest BCUT2D eigenvalue weighted by Crippen LogP contribution is 2.29. The molecule has 0 aliphatic rings. The van der Waals surface area contributed by atoms with E-state index in [-0.39, 0.29) is 16.9 Å². The molecule has 0 fully saturated rings. The van der Waals surface area contributed by atoms with Crippen LogP contribution < -0.4 is 19.6 Å². The van der Waals surface area contributed by atoms with Gasteiger partial charge in [-0.1, -0.05) is 12.1 Å². The molecule has 0 atom stereocenters. The number of hydrogen-bond donors (Lipinski definition) is 3. The molecule has 0 amide bonds. The number of hydrazone groups is 1. The van der Waals surface area contributed by atoms with Crippen molar-refractivity contribution in [2.75, 3.05) is 24.4 Å². The second-order valence-electron chi connectivity index (χ2n) is 6.87. The zero-order valence-corrected chi connectivity index (χ0v) is 19.3. The van der Waals surface area contributed by atoms with E-state index in [4.69, 9.17) is 9.47 Å². The molecule has 3 rings (SSSR count). The van der Waals surface area contributed by atoms with Crippen LogP contribution in [-0.2, 0) is 10.0 Å². The third-order valence-electron chi connectivity index (χ3n) is 4.71. The minimum atomic E-state index is -4.33. The number of carboxylic acid groups (broad SMARTS) is 1. The average Bonchev–Trinajstić information content (AvgIpc) is 2.84. The first-order valence-electron chi connectivity index (χ1n) is 9.81. The topological polar surface area (TPSA) is 169 Å². The molecule has 182 valence electrons. The first-order chi connectivity index (χ1) is 16.7. The molecule has 35 heavy (non-hydrogen) atoms. The summed E-state index contributed by atoms with van der Waals surface area (Å²) in [5.74, 6) is -0.308. The number of ether oxygens (including phenoxy) is 2. The average molecular weight is 500 g/mol. The number of para-hydroxylation sites is 1. The fourth-order valence-corrected chi connectivity index (χ4v) is 4.08. The Morgan fingerprint density at radius 3 is 2.46 bits per heavy atom. The molecule has 0 heterocycles. The van der Waals surface area contributed by atoms with E-state index in [1.165, 1.54) is 50.8 Å². The van der Waals surface area contributed by atoms with E-state index >= 15 is 0 Å². The van der Waals surface area contributed by atoms with Crippen LogP contribution in [0, 0.1) is 10.1 Å². The maximum absolute atomic E-state index is 12.8. The first kappa shape index (κ1) is 25.0. The number of nitro benzene ring substituents is 1. The lowest BCUT2D eigenvalue weighted by Gasteiger charge is -2.11. The quantitative estimate of drug-likeness (QED) is 0.214. The Hall–Kier alpha value is -4.65. The molecule has 0 spiro atoms. The van der Waals surface area contributed by atoms with Gasteiger partial charge in [-0.05, 0) is 36.4 Å². The van der Waals surface area contributed by atoms with Crippen molar-refractivity contribution in [2.24, 2.45) is 5.10 Å². The van der Waals surface area contributed by atoms with Crippen LogP contribution in [0.2, 0.25) is 0 Å². The number of anilines is 2. The minimum absolute atomic E-state index is 0.0661. The van der Waals surface area contributed by atoms with Crippen molar-refractivity contribution in [3.8, 4) is 11.5 Å². The van der Waals surface area contributed by atoms with Crippen molar-refractivity contribution < 1.29 is 32.7 Å². The standard InChI is InChI=1S/C22H20N4O8S/c1-33-15-8-7-14(21(11-15)34-2)13-23-24-19-10-9-16(12-20(19)26(29)30)35(31,32)25-18-6-4-3-5-17(18)22(27)28/h3-13,24-25H,1-2H3,(H,27,28)/b23-13-. The fraction of sp³-hybridized carbons (Fsp3) is 0.0909. The molecule has 0 unspecified atom stereocenters. The van der Waals surface area contributed by atoms with E-state index in [2.05, 4.69) is 15.2 Å². The van der Waals surface area contributed by atoms with E-state index in [1.807, 2.05) is 0 Å². The summed E-state index contributed by atoms with van der Waals surface area (Å²) in [5.41, 5.74) is 2.01. The Kier molecular flexibility index (Phi) is 7.51. The molecule has 0 radical (unpaired) electrons. The van der Waals surface area contributed by atoms with Gasteiger partial charge >= 0.3 is 5.97 Å². The normalized spacial score (nSPS) is 11.1. The van der Waals surface area contributed by atoms with Crippen molar-refractivity contribution in [3.63, 3.8) is 0 Å². The summed E-state index contributed by atoms with van der Waals surface area (Å²) in [6.07, 6.45) is 1.37. The van der Waals surface area contributed by atoms with Crippen LogP contribution in [0.25, 0.3) is 0 Å². The number of carbonyl (C=O) groups is 1. The van der Waals surface area contributed by atoms with Gasteiger partial charge in [-0.15, -0.1) is 0 Å². The van der Waals surface area contributed by atoms with Crippen molar-refractivity contribution in [2.45, 2.75) is 4.90 Å². The zero-order chi connectivity index (χ0) is 25.6. The van der Waals surface area contributed by atoms with Crippen molar-refractivity contribution in [3.05, 3.63) is 81.9 Å². The molecule has 12 nitrogen and oxygen atoms in total. The van der Waals surface area contributed by atoms with Crippen molar-refractivity contribution >= 4 is 39.3 Å². The lowest BCUT2D eigenvalue weighted by Crippen LogP contribution is -2.16. The molecule has 0 saturated heterocycles. The summed E-state index contributed by atoms with van der Waals surface area (Å²) < 4.78 is 38.1. The molecular weight excluding hydrogens is 480 g/mol. The van der Waals surface area contributed by atoms with Crippen LogP contribution in [0.15, 0.2) is 70.7 Å². The molecule has 13 heteroatoms. The highest BCUT2D eigenvalue weighted by atomic mass is 32.2. The van der Waals surface area contributed by atoms with Gasteiger partial charge in [-0.2, -0.15) is 5.10 Å². The molecule has 3 aromatic rings. The third-order valence-corrected chi connectivity index (χ3v) is 6.07. The Labute approximate surface area is 200 Å². The molecule has 0 aliphatic heterocycles. The SMILES string of the molecule is COc1ccc(/C=N\Nc2ccc(S(=O)(=O)Nc3ccccc3C(=O)O)cc2[N+](=O)[O-])c(OC)c1. The number of sulfonamides is 1. The van der Waals surface area contributed by atoms with Gasteiger partial charge in [-0.25, -0.2) is 13.2 Å². The van der Waals surface area contributed by atoms with E-state index in [1.54, 1.807) is 18.2 Å². The minimum Gasteiger partial charge on any atom is -0.497 e. The predicted octanol–water partition coefficient (Wildman–Crippen LogP) is 3.56. The van der Waals surface area contributed by atoms with Gasteiger partial charge in [0.2, 0.25) is 0 Å². The number of nitro groups is 1. The molecule has 3 aromatic carbocycles. The number of methoxy groups -OCH3 is 2. The Balaban J connectivity index is 1.88. The van der Waals surface area contributed by atoms with Gasteiger partial charge in [0.15, 0.2) is 0 Å². The largest absolute Gasteiger partial charge is 0.497 e. The van der Waals surface area contributed by atoms with E-state index in [0.29, 0.717) is 17.1 Å². The van der Waals surface area contributed by atoms with Crippen LogP contribution in [-0.4, -0.2) is 44.9 Å². The van der Waals surface area contributed by atoms with Crippen LogP contribution in [0.3, 0.4) is 0 Å². The van der Waals surface area contributed by atoms with Crippen LogP contribution >= 0.6 is 0 Å². The highest BCUT2D eigenvalue weighted by molar-refractivity contribution is 7.92. The Morgan fingerprint density at radius 1 is 1.06 bits per heavy atom. The van der Waals surface area contributed by atoms with Crippen molar-refractivity contribution in [1.29, 1.82) is 0 Å². The molecule has 0 saturated carbocycles. The van der Waals surface area contributed by atoms with Crippen LogP contribution in [0.5, 0.6) is 11.5 Å². The Bertz CT molecular complexity index is 1410. The summed E-state index contributed by atoms with van der Waals surface area (Å²) in [6, 6.07) is 13.5. The smallest absolute Gasteiger partial charge is 0.337 e. The Morgan fingerprint density at radius 2 is 1.80 bits per heavy atom. The maximum atomic E-state index is 12.8. The third kappa shape index (κ3) is 5.83. The predicted molar refractivity (Wildman–Crippen MR) is 128 cm³/mol. The second kappa shape index (κ2) is 10.5. The van der Waals surface area contributed by atoms with E-state index < -0.39 is 31.5 Å². The number of rotatable bonds is 10. The number of nitrogens with one attached hydrogen (secondary N) is 2. The summed E-state index contributed by atoms with van der Waals surface area (Å²) in [6.45, 7) is 0. The lowest BCUT2D eigenvalue weighted by molar-refractivity contribution is -0.384. The number of nitrogens with zero attached hydrogens (tertiary/aromatic N) is 2. The molecule has 0 aromatic heterocycles. The lowest BCUT2D eigenvalue weighted by atomic mass is 10.2. The van der Waals surface area contributed by atoms with Crippen LogP contribution in [0.4, 0.5) is 17.1 Å². The zero-order valence-electron chi connectivity index (χ0n) is 18.5.